The smallest absolute Gasteiger partial charge is 0.105 e. The molecule has 0 bridgehead atoms. The zero-order chi connectivity index (χ0) is 13.1. The topological polar surface area (TPSA) is 69.0 Å². The number of aryl methyl sites for hydroxylation is 4. The summed E-state index contributed by atoms with van der Waals surface area (Å²) < 4.78 is 7.43. The molecule has 2 aromatic rings. The first-order chi connectivity index (χ1) is 8.61. The van der Waals surface area contributed by atoms with Crippen molar-refractivity contribution in [3.8, 4) is 0 Å². The van der Waals surface area contributed by atoms with E-state index in [0.29, 0.717) is 0 Å². The Morgan fingerprint density at radius 3 is 2.78 bits per heavy atom. The molecule has 0 aliphatic carbocycles. The summed E-state index contributed by atoms with van der Waals surface area (Å²) in [6, 6.07) is 4.18. The van der Waals surface area contributed by atoms with Crippen molar-refractivity contribution in [2.45, 2.75) is 32.7 Å². The van der Waals surface area contributed by atoms with Crippen LogP contribution in [0, 0.1) is 13.8 Å². The first-order valence-corrected chi connectivity index (χ1v) is 6.11. The van der Waals surface area contributed by atoms with Gasteiger partial charge in [0.1, 0.15) is 11.5 Å². The van der Waals surface area contributed by atoms with Gasteiger partial charge in [0.15, 0.2) is 0 Å². The summed E-state index contributed by atoms with van der Waals surface area (Å²) in [5.41, 5.74) is 5.20. The van der Waals surface area contributed by atoms with Crippen molar-refractivity contribution in [3.05, 3.63) is 41.1 Å². The van der Waals surface area contributed by atoms with Crippen molar-refractivity contribution in [2.24, 2.45) is 12.9 Å². The third-order valence-corrected chi connectivity index (χ3v) is 3.27. The van der Waals surface area contributed by atoms with E-state index < -0.39 is 0 Å². The van der Waals surface area contributed by atoms with Crippen LogP contribution in [0.3, 0.4) is 0 Å². The molecule has 2 rings (SSSR count). The number of hydrazine groups is 1. The van der Waals surface area contributed by atoms with Gasteiger partial charge in [0, 0.05) is 30.5 Å². The summed E-state index contributed by atoms with van der Waals surface area (Å²) in [5, 5.41) is 4.16. The number of furan rings is 1. The van der Waals surface area contributed by atoms with Gasteiger partial charge in [0.05, 0.1) is 0 Å². The summed E-state index contributed by atoms with van der Waals surface area (Å²) in [6.45, 7) is 3.92. The maximum Gasteiger partial charge on any atom is 0.105 e. The van der Waals surface area contributed by atoms with E-state index in [1.54, 1.807) is 0 Å². The summed E-state index contributed by atoms with van der Waals surface area (Å²) in [7, 11) is 1.95. The highest BCUT2D eigenvalue weighted by atomic mass is 16.3. The van der Waals surface area contributed by atoms with E-state index in [2.05, 4.69) is 10.5 Å². The molecule has 18 heavy (non-hydrogen) atoms. The van der Waals surface area contributed by atoms with Gasteiger partial charge in [-0.1, -0.05) is 0 Å². The van der Waals surface area contributed by atoms with Gasteiger partial charge in [-0.15, -0.1) is 0 Å². The predicted molar refractivity (Wildman–Crippen MR) is 69.8 cm³/mol. The van der Waals surface area contributed by atoms with Crippen molar-refractivity contribution in [1.82, 2.24) is 15.2 Å². The average Bonchev–Trinajstić information content (AvgIpc) is 2.87. The molecule has 5 heteroatoms. The van der Waals surface area contributed by atoms with E-state index >= 15 is 0 Å². The molecule has 1 unspecified atom stereocenters. The molecule has 0 spiro atoms. The lowest BCUT2D eigenvalue weighted by molar-refractivity contribution is 0.471. The number of hydrogen-bond donors (Lipinski definition) is 2. The minimum Gasteiger partial charge on any atom is -0.466 e. The van der Waals surface area contributed by atoms with Gasteiger partial charge in [0.25, 0.3) is 0 Å². The van der Waals surface area contributed by atoms with Crippen LogP contribution >= 0.6 is 0 Å². The maximum atomic E-state index is 5.65. The number of nitrogens with one attached hydrogen (secondary N) is 1. The van der Waals surface area contributed by atoms with Gasteiger partial charge >= 0.3 is 0 Å². The van der Waals surface area contributed by atoms with Crippen LogP contribution in [0.2, 0.25) is 0 Å². The van der Waals surface area contributed by atoms with Crippen LogP contribution in [0.25, 0.3) is 0 Å². The average molecular weight is 248 g/mol. The maximum absolute atomic E-state index is 5.65. The fourth-order valence-electron chi connectivity index (χ4n) is 2.26. The number of rotatable bonds is 5. The Kier molecular flexibility index (Phi) is 3.84. The minimum absolute atomic E-state index is 0.109. The van der Waals surface area contributed by atoms with Crippen LogP contribution in [0.1, 0.15) is 35.2 Å². The molecule has 0 saturated carbocycles. The van der Waals surface area contributed by atoms with E-state index in [1.165, 1.54) is 5.69 Å². The molecule has 0 aliphatic heterocycles. The highest BCUT2D eigenvalue weighted by Gasteiger charge is 2.16. The van der Waals surface area contributed by atoms with E-state index in [-0.39, 0.29) is 6.04 Å². The molecule has 5 nitrogen and oxygen atoms in total. The second-order valence-electron chi connectivity index (χ2n) is 4.57. The Balaban J connectivity index is 2.06. The molecule has 0 fully saturated rings. The van der Waals surface area contributed by atoms with E-state index in [0.717, 1.165) is 29.9 Å². The SMILES string of the molecule is Cc1cc(C(CCc2ccnn2C)NN)c(C)o1. The third kappa shape index (κ3) is 2.63. The lowest BCUT2D eigenvalue weighted by Crippen LogP contribution is -2.28. The summed E-state index contributed by atoms with van der Waals surface area (Å²) in [4.78, 5) is 0. The van der Waals surface area contributed by atoms with Gasteiger partial charge in [-0.05, 0) is 38.8 Å². The Labute approximate surface area is 107 Å². The lowest BCUT2D eigenvalue weighted by atomic mass is 10.0. The Hall–Kier alpha value is -1.59. The largest absolute Gasteiger partial charge is 0.466 e. The number of hydrogen-bond acceptors (Lipinski definition) is 4. The molecule has 98 valence electrons. The molecule has 0 radical (unpaired) electrons. The van der Waals surface area contributed by atoms with Gasteiger partial charge < -0.3 is 4.42 Å². The van der Waals surface area contributed by atoms with Gasteiger partial charge in [-0.2, -0.15) is 5.10 Å². The summed E-state index contributed by atoms with van der Waals surface area (Å²) in [5.74, 6) is 7.50. The van der Waals surface area contributed by atoms with Crippen molar-refractivity contribution in [3.63, 3.8) is 0 Å². The Bertz CT molecular complexity index is 515. The molecule has 0 aromatic carbocycles. The van der Waals surface area contributed by atoms with Crippen molar-refractivity contribution in [2.75, 3.05) is 0 Å². The van der Waals surface area contributed by atoms with Crippen molar-refractivity contribution in [1.29, 1.82) is 0 Å². The van der Waals surface area contributed by atoms with Gasteiger partial charge in [0.2, 0.25) is 0 Å². The molecule has 0 saturated heterocycles. The van der Waals surface area contributed by atoms with Gasteiger partial charge in [-0.25, -0.2) is 0 Å². The molecule has 3 N–H and O–H groups in total. The summed E-state index contributed by atoms with van der Waals surface area (Å²) in [6.07, 6.45) is 3.65. The minimum atomic E-state index is 0.109. The van der Waals surface area contributed by atoms with Crippen LogP contribution in [-0.4, -0.2) is 9.78 Å². The standard InChI is InChI=1S/C13H20N4O/c1-9-8-12(10(2)18-9)13(16-14)5-4-11-6-7-15-17(11)3/h6-8,13,16H,4-5,14H2,1-3H3. The highest BCUT2D eigenvalue weighted by Crippen LogP contribution is 2.24. The van der Waals surface area contributed by atoms with E-state index in [9.17, 15) is 0 Å². The number of nitrogens with zero attached hydrogens (tertiary/aromatic N) is 2. The van der Waals surface area contributed by atoms with Crippen LogP contribution in [-0.2, 0) is 13.5 Å². The van der Waals surface area contributed by atoms with Gasteiger partial charge in [-0.3, -0.25) is 16.0 Å². The Morgan fingerprint density at radius 1 is 1.50 bits per heavy atom. The third-order valence-electron chi connectivity index (χ3n) is 3.27. The van der Waals surface area contributed by atoms with Crippen molar-refractivity contribution >= 4 is 0 Å². The monoisotopic (exact) mass is 248 g/mol. The van der Waals surface area contributed by atoms with Crippen LogP contribution in [0.15, 0.2) is 22.7 Å². The molecule has 0 aliphatic rings. The van der Waals surface area contributed by atoms with E-state index in [4.69, 9.17) is 10.3 Å². The second-order valence-corrected chi connectivity index (χ2v) is 4.57. The van der Waals surface area contributed by atoms with E-state index in [1.807, 2.05) is 43.9 Å². The lowest BCUT2D eigenvalue weighted by Gasteiger charge is -2.15. The normalized spacial score (nSPS) is 12.9. The molecule has 2 heterocycles. The fraction of sp³-hybridized carbons (Fsp3) is 0.462. The molecule has 0 amide bonds. The molecule has 2 aromatic heterocycles. The molecule has 1 atom stereocenters. The fourth-order valence-corrected chi connectivity index (χ4v) is 2.26. The number of aromatic nitrogens is 2. The molecular weight excluding hydrogens is 228 g/mol. The Morgan fingerprint density at radius 2 is 2.28 bits per heavy atom. The second kappa shape index (κ2) is 5.37. The molecular formula is C13H20N4O. The number of nitrogens with two attached hydrogens (primary N) is 1. The quantitative estimate of drug-likeness (QED) is 0.625. The highest BCUT2D eigenvalue weighted by molar-refractivity contribution is 5.24. The van der Waals surface area contributed by atoms with Crippen molar-refractivity contribution < 1.29 is 4.42 Å². The summed E-state index contributed by atoms with van der Waals surface area (Å²) >= 11 is 0. The first kappa shape index (κ1) is 12.9. The first-order valence-electron chi connectivity index (χ1n) is 6.11. The zero-order valence-corrected chi connectivity index (χ0v) is 11.1. The van der Waals surface area contributed by atoms with Crippen LogP contribution in [0.5, 0.6) is 0 Å². The van der Waals surface area contributed by atoms with Crippen LogP contribution in [0.4, 0.5) is 0 Å². The van der Waals surface area contributed by atoms with Crippen LogP contribution < -0.4 is 11.3 Å². The predicted octanol–water partition coefficient (Wildman–Crippen LogP) is 1.77. The zero-order valence-electron chi connectivity index (χ0n) is 11.1.